The molecule has 150 valence electrons. The van der Waals surface area contributed by atoms with Gasteiger partial charge in [-0.05, 0) is 51.5 Å². The lowest BCUT2D eigenvalue weighted by Crippen LogP contribution is -2.48. The summed E-state index contributed by atoms with van der Waals surface area (Å²) in [6.07, 6.45) is 5.21. The largest absolute Gasteiger partial charge is 0.331 e. The van der Waals surface area contributed by atoms with Crippen LogP contribution in [0.2, 0.25) is 10.0 Å². The molecule has 1 aromatic heterocycles. The van der Waals surface area contributed by atoms with Crippen molar-refractivity contribution in [1.82, 2.24) is 25.3 Å². The second-order valence-corrected chi connectivity index (χ2v) is 8.03. The summed E-state index contributed by atoms with van der Waals surface area (Å²) in [6, 6.07) is 5.50. The highest BCUT2D eigenvalue weighted by molar-refractivity contribution is 6.44. The molecular formula is C20H25Cl2N5O. The Morgan fingerprint density at radius 3 is 2.57 bits per heavy atom. The Hall–Kier alpha value is -1.89. The first-order valence-electron chi connectivity index (χ1n) is 9.35. The highest BCUT2D eigenvalue weighted by Gasteiger charge is 2.25. The lowest BCUT2D eigenvalue weighted by atomic mass is 10.0. The first kappa shape index (κ1) is 20.8. The number of nitrogens with zero attached hydrogens (tertiary/aromatic N) is 4. The second-order valence-electron chi connectivity index (χ2n) is 7.28. The van der Waals surface area contributed by atoms with Crippen molar-refractivity contribution in [2.75, 3.05) is 27.2 Å². The Kier molecular flexibility index (Phi) is 6.75. The van der Waals surface area contributed by atoms with Gasteiger partial charge in [-0.3, -0.25) is 0 Å². The lowest BCUT2D eigenvalue weighted by molar-refractivity contribution is 0.146. The fraction of sp³-hybridized carbons (Fsp3) is 0.450. The highest BCUT2D eigenvalue weighted by Crippen LogP contribution is 2.37. The number of hydrogen-bond acceptors (Lipinski definition) is 4. The summed E-state index contributed by atoms with van der Waals surface area (Å²) in [5, 5.41) is 11.6. The number of urea groups is 1. The van der Waals surface area contributed by atoms with Crippen LogP contribution in [0, 0.1) is 0 Å². The maximum atomic E-state index is 12.7. The number of benzene rings is 1. The number of amides is 2. The molecule has 0 radical (unpaired) electrons. The summed E-state index contributed by atoms with van der Waals surface area (Å²) in [5.41, 5.74) is 2.40. The van der Waals surface area contributed by atoms with Crippen LogP contribution in [0.25, 0.3) is 11.1 Å². The summed E-state index contributed by atoms with van der Waals surface area (Å²) in [6.45, 7) is 3.92. The maximum Gasteiger partial charge on any atom is 0.317 e. The summed E-state index contributed by atoms with van der Waals surface area (Å²) < 4.78 is 0. The van der Waals surface area contributed by atoms with Crippen LogP contribution in [0.15, 0.2) is 30.6 Å². The Morgan fingerprint density at radius 2 is 1.93 bits per heavy atom. The standard InChI is InChI=1S/C20H25Cl2N5O/c1-13(25-20(28)27(3)15-7-10-26(2)11-8-15)16-4-5-17(19(22)18(16)21)14-6-9-23-24-12-14/h4-6,9,12-13,15H,7-8,10-11H2,1-3H3,(H,25,28). The van der Waals surface area contributed by atoms with Crippen molar-refractivity contribution in [3.8, 4) is 11.1 Å². The van der Waals surface area contributed by atoms with E-state index in [0.717, 1.165) is 42.6 Å². The molecule has 1 unspecified atom stereocenters. The molecule has 2 amide bonds. The van der Waals surface area contributed by atoms with Crippen LogP contribution < -0.4 is 5.32 Å². The number of nitrogens with one attached hydrogen (secondary N) is 1. The van der Waals surface area contributed by atoms with E-state index in [2.05, 4.69) is 27.5 Å². The molecule has 1 N–H and O–H groups in total. The van der Waals surface area contributed by atoms with E-state index in [1.807, 2.05) is 32.2 Å². The summed E-state index contributed by atoms with van der Waals surface area (Å²) in [5.74, 6) is 0. The van der Waals surface area contributed by atoms with E-state index in [0.29, 0.717) is 10.0 Å². The van der Waals surface area contributed by atoms with Crippen LogP contribution in [0.4, 0.5) is 4.79 Å². The van der Waals surface area contributed by atoms with Crippen LogP contribution in [0.3, 0.4) is 0 Å². The maximum absolute atomic E-state index is 12.7. The number of halogens is 2. The van der Waals surface area contributed by atoms with Crippen molar-refractivity contribution in [2.45, 2.75) is 31.8 Å². The minimum Gasteiger partial charge on any atom is -0.331 e. The molecule has 28 heavy (non-hydrogen) atoms. The van der Waals surface area contributed by atoms with Crippen molar-refractivity contribution in [1.29, 1.82) is 0 Å². The van der Waals surface area contributed by atoms with Crippen LogP contribution in [-0.2, 0) is 0 Å². The van der Waals surface area contributed by atoms with Gasteiger partial charge in [0.25, 0.3) is 0 Å². The van der Waals surface area contributed by atoms with Crippen molar-refractivity contribution in [3.63, 3.8) is 0 Å². The third-order valence-electron chi connectivity index (χ3n) is 5.37. The average Bonchev–Trinajstić information content (AvgIpc) is 2.70. The van der Waals surface area contributed by atoms with E-state index in [-0.39, 0.29) is 18.1 Å². The molecule has 2 aromatic rings. The molecule has 0 saturated carbocycles. The normalized spacial score (nSPS) is 16.6. The fourth-order valence-corrected chi connectivity index (χ4v) is 4.09. The van der Waals surface area contributed by atoms with Crippen LogP contribution >= 0.6 is 23.2 Å². The zero-order valence-electron chi connectivity index (χ0n) is 16.3. The molecule has 1 aliphatic heterocycles. The predicted molar refractivity (Wildman–Crippen MR) is 113 cm³/mol. The SMILES string of the molecule is CC(NC(=O)N(C)C1CCN(C)CC1)c1ccc(-c2ccnnc2)c(Cl)c1Cl. The average molecular weight is 422 g/mol. The van der Waals surface area contributed by atoms with Crippen LogP contribution in [0.5, 0.6) is 0 Å². The molecule has 3 rings (SSSR count). The Balaban J connectivity index is 1.71. The van der Waals surface area contributed by atoms with E-state index in [9.17, 15) is 4.79 Å². The number of carbonyl (C=O) groups excluding carboxylic acids is 1. The number of aromatic nitrogens is 2. The van der Waals surface area contributed by atoms with Crippen LogP contribution in [0.1, 0.15) is 31.4 Å². The number of carbonyl (C=O) groups is 1. The molecule has 0 spiro atoms. The number of likely N-dealkylation sites (tertiary alicyclic amines) is 1. The first-order valence-corrected chi connectivity index (χ1v) is 10.1. The molecular weight excluding hydrogens is 397 g/mol. The minimum atomic E-state index is -0.268. The predicted octanol–water partition coefficient (Wildman–Crippen LogP) is 4.25. The molecule has 8 heteroatoms. The van der Waals surface area contributed by atoms with Gasteiger partial charge in [-0.2, -0.15) is 10.2 Å². The molecule has 6 nitrogen and oxygen atoms in total. The van der Waals surface area contributed by atoms with Gasteiger partial charge >= 0.3 is 6.03 Å². The molecule has 0 aliphatic carbocycles. The Morgan fingerprint density at radius 1 is 1.21 bits per heavy atom. The molecule has 1 saturated heterocycles. The molecule has 2 heterocycles. The number of hydrogen-bond donors (Lipinski definition) is 1. The zero-order valence-corrected chi connectivity index (χ0v) is 17.8. The van der Waals surface area contributed by atoms with Gasteiger partial charge in [0.2, 0.25) is 0 Å². The molecule has 1 fully saturated rings. The highest BCUT2D eigenvalue weighted by atomic mass is 35.5. The lowest BCUT2D eigenvalue weighted by Gasteiger charge is -2.35. The summed E-state index contributed by atoms with van der Waals surface area (Å²) in [4.78, 5) is 16.8. The molecule has 1 aliphatic rings. The Bertz CT molecular complexity index is 825. The van der Waals surface area contributed by atoms with Gasteiger partial charge in [0, 0.05) is 24.2 Å². The zero-order chi connectivity index (χ0) is 20.3. The second kappa shape index (κ2) is 9.07. The fourth-order valence-electron chi connectivity index (χ4n) is 3.48. The van der Waals surface area contributed by atoms with E-state index in [4.69, 9.17) is 23.2 Å². The third kappa shape index (κ3) is 4.57. The van der Waals surface area contributed by atoms with Gasteiger partial charge < -0.3 is 15.1 Å². The minimum absolute atomic E-state index is 0.100. The van der Waals surface area contributed by atoms with E-state index in [1.54, 1.807) is 17.3 Å². The van der Waals surface area contributed by atoms with Crippen molar-refractivity contribution in [2.24, 2.45) is 0 Å². The van der Waals surface area contributed by atoms with Crippen molar-refractivity contribution >= 4 is 29.2 Å². The molecule has 1 aromatic carbocycles. The van der Waals surface area contributed by atoms with Crippen molar-refractivity contribution in [3.05, 3.63) is 46.2 Å². The van der Waals surface area contributed by atoms with E-state index < -0.39 is 0 Å². The van der Waals surface area contributed by atoms with Crippen LogP contribution in [-0.4, -0.2) is 59.3 Å². The number of rotatable bonds is 4. The topological polar surface area (TPSA) is 61.4 Å². The van der Waals surface area contributed by atoms with Crippen molar-refractivity contribution < 1.29 is 4.79 Å². The van der Waals surface area contributed by atoms with Gasteiger partial charge in [0.1, 0.15) is 0 Å². The third-order valence-corrected chi connectivity index (χ3v) is 6.27. The Labute approximate surface area is 175 Å². The van der Waals surface area contributed by atoms with E-state index >= 15 is 0 Å². The van der Waals surface area contributed by atoms with Gasteiger partial charge in [0.05, 0.1) is 28.5 Å². The van der Waals surface area contributed by atoms with E-state index in [1.165, 1.54) is 0 Å². The summed E-state index contributed by atoms with van der Waals surface area (Å²) in [7, 11) is 3.96. The van der Waals surface area contributed by atoms with Gasteiger partial charge in [0.15, 0.2) is 0 Å². The van der Waals surface area contributed by atoms with Gasteiger partial charge in [-0.1, -0.05) is 35.3 Å². The van der Waals surface area contributed by atoms with Gasteiger partial charge in [-0.25, -0.2) is 4.79 Å². The smallest absolute Gasteiger partial charge is 0.317 e. The summed E-state index contributed by atoms with van der Waals surface area (Å²) >= 11 is 13.0. The molecule has 1 atom stereocenters. The first-order chi connectivity index (χ1) is 13.4. The quantitative estimate of drug-likeness (QED) is 0.801. The number of piperidine rings is 1. The van der Waals surface area contributed by atoms with Gasteiger partial charge in [-0.15, -0.1) is 0 Å². The monoisotopic (exact) mass is 421 g/mol. The molecule has 0 bridgehead atoms.